The summed E-state index contributed by atoms with van der Waals surface area (Å²) >= 11 is 1.06. The number of likely N-dealkylation sites (N-methyl/N-ethyl adjacent to an activating group) is 1. The molecule has 0 saturated carbocycles. The Morgan fingerprint density at radius 1 is 1.45 bits per heavy atom. The monoisotopic (exact) mass is 318 g/mol. The molecule has 0 aliphatic carbocycles. The highest BCUT2D eigenvalue weighted by atomic mass is 32.2. The number of nitrogen functional groups attached to an aromatic ring is 1. The largest absolute Gasteiger partial charge is 0.375 e. The number of rotatable bonds is 3. The Morgan fingerprint density at radius 2 is 2.15 bits per heavy atom. The van der Waals surface area contributed by atoms with Gasteiger partial charge >= 0.3 is 0 Å². The molecule has 114 valence electrons. The van der Waals surface area contributed by atoms with E-state index in [2.05, 4.69) is 9.88 Å². The van der Waals surface area contributed by atoms with Gasteiger partial charge in [0.05, 0.1) is 5.69 Å². The smallest absolute Gasteiger partial charge is 0.254 e. The summed E-state index contributed by atoms with van der Waals surface area (Å²) in [6, 6.07) is 0.00947. The van der Waals surface area contributed by atoms with Gasteiger partial charge in [-0.3, -0.25) is 0 Å². The van der Waals surface area contributed by atoms with Crippen molar-refractivity contribution in [2.45, 2.75) is 36.9 Å². The van der Waals surface area contributed by atoms with E-state index in [1.54, 1.807) is 11.2 Å². The number of hydrogen-bond acceptors (Lipinski definition) is 6. The Bertz CT molecular complexity index is 570. The normalized spacial score (nSPS) is 22.9. The van der Waals surface area contributed by atoms with E-state index in [1.165, 1.54) is 0 Å². The lowest BCUT2D eigenvalue weighted by atomic mass is 10.2. The lowest BCUT2D eigenvalue weighted by Crippen LogP contribution is -2.43. The van der Waals surface area contributed by atoms with Gasteiger partial charge in [0, 0.05) is 19.1 Å². The number of aromatic nitrogens is 1. The molecule has 1 aliphatic rings. The molecule has 1 aromatic rings. The van der Waals surface area contributed by atoms with Crippen molar-refractivity contribution in [1.82, 2.24) is 14.2 Å². The van der Waals surface area contributed by atoms with Crippen LogP contribution in [0.3, 0.4) is 0 Å². The number of nitrogens with zero attached hydrogens (tertiary/aromatic N) is 3. The quantitative estimate of drug-likeness (QED) is 0.904. The predicted octanol–water partition coefficient (Wildman–Crippen LogP) is 1.14. The summed E-state index contributed by atoms with van der Waals surface area (Å²) in [4.78, 5) is 6.23. The maximum atomic E-state index is 12.9. The molecule has 1 atom stereocenters. The van der Waals surface area contributed by atoms with Gasteiger partial charge in [-0.2, -0.15) is 4.31 Å². The van der Waals surface area contributed by atoms with Gasteiger partial charge < -0.3 is 10.6 Å². The zero-order valence-electron chi connectivity index (χ0n) is 12.2. The highest BCUT2D eigenvalue weighted by Crippen LogP contribution is 2.30. The third kappa shape index (κ3) is 2.98. The van der Waals surface area contributed by atoms with Crippen molar-refractivity contribution in [2.24, 2.45) is 0 Å². The van der Waals surface area contributed by atoms with Gasteiger partial charge in [-0.1, -0.05) is 18.3 Å². The summed E-state index contributed by atoms with van der Waals surface area (Å²) in [7, 11) is -1.46. The molecular weight excluding hydrogens is 296 g/mol. The van der Waals surface area contributed by atoms with Crippen LogP contribution < -0.4 is 5.73 Å². The fourth-order valence-corrected chi connectivity index (χ4v) is 5.76. The molecule has 2 N–H and O–H groups in total. The van der Waals surface area contributed by atoms with Crippen LogP contribution in [0.2, 0.25) is 0 Å². The Labute approximate surface area is 124 Å². The highest BCUT2D eigenvalue weighted by molar-refractivity contribution is 7.91. The molecule has 0 aromatic carbocycles. The van der Waals surface area contributed by atoms with Crippen LogP contribution in [0.4, 0.5) is 5.13 Å². The molecule has 1 aliphatic heterocycles. The molecule has 1 unspecified atom stereocenters. The number of hydrogen-bond donors (Lipinski definition) is 1. The average Bonchev–Trinajstić information content (AvgIpc) is 2.60. The van der Waals surface area contributed by atoms with E-state index in [1.807, 2.05) is 14.0 Å². The van der Waals surface area contributed by atoms with E-state index >= 15 is 0 Å². The molecule has 1 fully saturated rings. The SMILES string of the molecule is CCC1CN(C)CCCN1S(=O)(=O)c1sc(N)nc1C. The third-order valence-electron chi connectivity index (χ3n) is 3.63. The number of anilines is 1. The minimum Gasteiger partial charge on any atom is -0.375 e. The van der Waals surface area contributed by atoms with Gasteiger partial charge in [0.1, 0.15) is 0 Å². The summed E-state index contributed by atoms with van der Waals surface area (Å²) < 4.78 is 27.7. The van der Waals surface area contributed by atoms with Crippen LogP contribution in [0.1, 0.15) is 25.5 Å². The van der Waals surface area contributed by atoms with Gasteiger partial charge in [-0.25, -0.2) is 13.4 Å². The van der Waals surface area contributed by atoms with Crippen molar-refractivity contribution >= 4 is 26.5 Å². The Morgan fingerprint density at radius 3 is 2.70 bits per heavy atom. The summed E-state index contributed by atoms with van der Waals surface area (Å²) in [6.45, 7) is 5.97. The van der Waals surface area contributed by atoms with Crippen LogP contribution in [0, 0.1) is 6.92 Å². The van der Waals surface area contributed by atoms with E-state index in [-0.39, 0.29) is 10.3 Å². The maximum absolute atomic E-state index is 12.9. The summed E-state index contributed by atoms with van der Waals surface area (Å²) in [5, 5.41) is 0.307. The van der Waals surface area contributed by atoms with E-state index in [0.717, 1.165) is 37.3 Å². The van der Waals surface area contributed by atoms with E-state index in [4.69, 9.17) is 5.73 Å². The standard InChI is InChI=1S/C12H22N4O2S2/c1-4-10-8-15(3)6-5-7-16(10)20(17,18)11-9(2)14-12(13)19-11/h10H,4-8H2,1-3H3,(H2,13,14). The van der Waals surface area contributed by atoms with Gasteiger partial charge in [-0.05, 0) is 33.4 Å². The van der Waals surface area contributed by atoms with Crippen LogP contribution >= 0.6 is 11.3 Å². The Balaban J connectivity index is 2.38. The maximum Gasteiger partial charge on any atom is 0.254 e. The van der Waals surface area contributed by atoms with Crippen molar-refractivity contribution in [3.63, 3.8) is 0 Å². The molecule has 2 rings (SSSR count). The van der Waals surface area contributed by atoms with Crippen molar-refractivity contribution in [2.75, 3.05) is 32.4 Å². The summed E-state index contributed by atoms with van der Waals surface area (Å²) in [5.74, 6) is 0. The number of nitrogens with two attached hydrogens (primary N) is 1. The van der Waals surface area contributed by atoms with E-state index < -0.39 is 10.0 Å². The molecule has 6 nitrogen and oxygen atoms in total. The lowest BCUT2D eigenvalue weighted by molar-refractivity contribution is 0.270. The van der Waals surface area contributed by atoms with E-state index in [9.17, 15) is 8.42 Å². The zero-order valence-corrected chi connectivity index (χ0v) is 13.8. The third-order valence-corrected chi connectivity index (χ3v) is 7.16. The molecule has 1 saturated heterocycles. The summed E-state index contributed by atoms with van der Waals surface area (Å²) in [5.41, 5.74) is 6.14. The minimum atomic E-state index is -3.50. The molecule has 2 heterocycles. The second-order valence-corrected chi connectivity index (χ2v) is 8.34. The minimum absolute atomic E-state index is 0.00947. The van der Waals surface area contributed by atoms with Gasteiger partial charge in [0.2, 0.25) is 0 Å². The first-order valence-corrected chi connectivity index (χ1v) is 9.05. The molecule has 0 bridgehead atoms. The fraction of sp³-hybridized carbons (Fsp3) is 0.750. The Hall–Kier alpha value is -0.700. The predicted molar refractivity (Wildman–Crippen MR) is 81.3 cm³/mol. The molecular formula is C12H22N4O2S2. The number of aryl methyl sites for hydroxylation is 1. The van der Waals surface area contributed by atoms with Crippen molar-refractivity contribution in [3.05, 3.63) is 5.69 Å². The molecule has 0 spiro atoms. The molecule has 8 heteroatoms. The van der Waals surface area contributed by atoms with Crippen LogP contribution in [0.5, 0.6) is 0 Å². The number of thiazole rings is 1. The fourth-order valence-electron chi connectivity index (χ4n) is 2.62. The van der Waals surface area contributed by atoms with Crippen molar-refractivity contribution in [3.8, 4) is 0 Å². The molecule has 0 radical (unpaired) electrons. The second kappa shape index (κ2) is 5.97. The second-order valence-electron chi connectivity index (χ2n) is 5.22. The first kappa shape index (κ1) is 15.7. The molecule has 1 aromatic heterocycles. The lowest BCUT2D eigenvalue weighted by Gasteiger charge is -2.28. The van der Waals surface area contributed by atoms with Crippen molar-refractivity contribution in [1.29, 1.82) is 0 Å². The van der Waals surface area contributed by atoms with Crippen LogP contribution in [-0.4, -0.2) is 55.3 Å². The first-order valence-electron chi connectivity index (χ1n) is 6.79. The van der Waals surface area contributed by atoms with E-state index in [0.29, 0.717) is 17.4 Å². The summed E-state index contributed by atoms with van der Waals surface area (Å²) in [6.07, 6.45) is 1.65. The topological polar surface area (TPSA) is 79.5 Å². The van der Waals surface area contributed by atoms with Crippen LogP contribution in [-0.2, 0) is 10.0 Å². The van der Waals surface area contributed by atoms with Crippen molar-refractivity contribution < 1.29 is 8.42 Å². The zero-order chi connectivity index (χ0) is 14.9. The molecule has 20 heavy (non-hydrogen) atoms. The number of sulfonamides is 1. The van der Waals surface area contributed by atoms with Crippen LogP contribution in [0.25, 0.3) is 0 Å². The Kier molecular flexibility index (Phi) is 4.68. The first-order chi connectivity index (χ1) is 9.36. The average molecular weight is 318 g/mol. The van der Waals surface area contributed by atoms with Gasteiger partial charge in [0.25, 0.3) is 10.0 Å². The van der Waals surface area contributed by atoms with Gasteiger partial charge in [0.15, 0.2) is 9.34 Å². The highest BCUT2D eigenvalue weighted by Gasteiger charge is 2.35. The molecule has 0 amide bonds. The van der Waals surface area contributed by atoms with Gasteiger partial charge in [-0.15, -0.1) is 0 Å². The van der Waals surface area contributed by atoms with Crippen LogP contribution in [0.15, 0.2) is 4.21 Å².